The van der Waals surface area contributed by atoms with Gasteiger partial charge in [0.25, 0.3) is 0 Å². The molecule has 0 amide bonds. The molecule has 1 aliphatic rings. The molecule has 0 fully saturated rings. The van der Waals surface area contributed by atoms with Gasteiger partial charge in [-0.3, -0.25) is 9.47 Å². The number of nitrogens with zero attached hydrogens (tertiary/aromatic N) is 3. The molecule has 0 spiro atoms. The molecule has 1 aliphatic heterocycles. The van der Waals surface area contributed by atoms with Crippen LogP contribution in [0.2, 0.25) is 0 Å². The van der Waals surface area contributed by atoms with Crippen LogP contribution >= 0.6 is 0 Å². The van der Waals surface area contributed by atoms with E-state index in [1.807, 2.05) is 12.1 Å². The molecule has 0 aliphatic carbocycles. The third-order valence-corrected chi connectivity index (χ3v) is 9.14. The van der Waals surface area contributed by atoms with E-state index in [9.17, 15) is 0 Å². The topological polar surface area (TPSA) is 34.2 Å². The van der Waals surface area contributed by atoms with Gasteiger partial charge in [-0.2, -0.15) is 0 Å². The highest BCUT2D eigenvalue weighted by atomic mass is 16.3. The molecule has 0 unspecified atom stereocenters. The van der Waals surface area contributed by atoms with Gasteiger partial charge in [0.1, 0.15) is 11.2 Å². The summed E-state index contributed by atoms with van der Waals surface area (Å²) in [5, 5.41) is 4.65. The minimum absolute atomic E-state index is 0.867. The number of benzene rings is 7. The number of fused-ring (bicyclic) bond motifs is 12. The first-order chi connectivity index (χ1) is 22.3. The average molecular weight is 576 g/mol. The van der Waals surface area contributed by atoms with Crippen molar-refractivity contribution in [1.82, 2.24) is 9.55 Å². The van der Waals surface area contributed by atoms with Crippen LogP contribution in [0.1, 0.15) is 0 Å². The first-order valence-corrected chi connectivity index (χ1v) is 15.2. The molecule has 0 radical (unpaired) electrons. The minimum atomic E-state index is 0.867. The molecule has 2 aromatic heterocycles. The van der Waals surface area contributed by atoms with Gasteiger partial charge in [0.2, 0.25) is 5.95 Å². The van der Waals surface area contributed by atoms with E-state index in [4.69, 9.17) is 9.40 Å². The van der Waals surface area contributed by atoms with Crippen LogP contribution in [-0.4, -0.2) is 9.55 Å². The molecule has 3 heterocycles. The van der Waals surface area contributed by atoms with Crippen molar-refractivity contribution in [3.05, 3.63) is 152 Å². The van der Waals surface area contributed by atoms with Crippen molar-refractivity contribution in [2.75, 3.05) is 4.90 Å². The third kappa shape index (κ3) is 3.45. The van der Waals surface area contributed by atoms with Crippen molar-refractivity contribution in [2.45, 2.75) is 0 Å². The molecule has 4 heteroatoms. The maximum Gasteiger partial charge on any atom is 0.220 e. The number of aromatic nitrogens is 2. The van der Waals surface area contributed by atoms with Gasteiger partial charge in [0.05, 0.1) is 22.4 Å². The zero-order valence-corrected chi connectivity index (χ0v) is 24.2. The molecule has 210 valence electrons. The van der Waals surface area contributed by atoms with Crippen LogP contribution in [-0.2, 0) is 0 Å². The number of rotatable bonds is 2. The highest BCUT2D eigenvalue weighted by Gasteiger charge is 2.29. The van der Waals surface area contributed by atoms with Crippen molar-refractivity contribution < 1.29 is 4.42 Å². The molecule has 7 aromatic carbocycles. The maximum absolute atomic E-state index is 6.37. The molecule has 0 bridgehead atoms. The summed E-state index contributed by atoms with van der Waals surface area (Å²) < 4.78 is 8.72. The third-order valence-electron chi connectivity index (χ3n) is 9.14. The summed E-state index contributed by atoms with van der Waals surface area (Å²) in [5.41, 5.74) is 11.7. The van der Waals surface area contributed by atoms with E-state index in [0.29, 0.717) is 0 Å². The number of anilines is 3. The van der Waals surface area contributed by atoms with Crippen molar-refractivity contribution in [3.63, 3.8) is 0 Å². The summed E-state index contributed by atoms with van der Waals surface area (Å²) in [4.78, 5) is 7.64. The number of para-hydroxylation sites is 4. The normalized spacial score (nSPS) is 12.4. The number of imidazole rings is 1. The molecule has 10 rings (SSSR count). The highest BCUT2D eigenvalue weighted by molar-refractivity contribution is 6.10. The molecular weight excluding hydrogens is 550 g/mol. The molecule has 45 heavy (non-hydrogen) atoms. The Labute approximate surface area is 259 Å². The maximum atomic E-state index is 6.37. The molecule has 0 atom stereocenters. The lowest BCUT2D eigenvalue weighted by Crippen LogP contribution is -2.14. The van der Waals surface area contributed by atoms with Crippen LogP contribution in [0.4, 0.5) is 17.3 Å². The Bertz CT molecular complexity index is 2610. The predicted octanol–water partition coefficient (Wildman–Crippen LogP) is 11.2. The first-order valence-electron chi connectivity index (χ1n) is 15.2. The van der Waals surface area contributed by atoms with Gasteiger partial charge in [-0.1, -0.05) is 115 Å². The van der Waals surface area contributed by atoms with Crippen LogP contribution in [0.3, 0.4) is 0 Å². The molecule has 0 saturated carbocycles. The lowest BCUT2D eigenvalue weighted by atomic mass is 10.00. The molecular formula is C41H25N3O. The fraction of sp³-hybridized carbons (Fsp3) is 0. The molecule has 0 N–H and O–H groups in total. The van der Waals surface area contributed by atoms with E-state index < -0.39 is 0 Å². The highest BCUT2D eigenvalue weighted by Crippen LogP contribution is 2.48. The van der Waals surface area contributed by atoms with Crippen molar-refractivity contribution in [2.24, 2.45) is 0 Å². The van der Waals surface area contributed by atoms with Crippen LogP contribution in [0, 0.1) is 0 Å². The fourth-order valence-corrected chi connectivity index (χ4v) is 7.12. The van der Waals surface area contributed by atoms with E-state index in [1.54, 1.807) is 0 Å². The summed E-state index contributed by atoms with van der Waals surface area (Å²) in [7, 11) is 0. The number of hydrogen-bond donors (Lipinski definition) is 0. The monoisotopic (exact) mass is 575 g/mol. The number of furan rings is 1. The second-order valence-corrected chi connectivity index (χ2v) is 11.6. The first kappa shape index (κ1) is 24.3. The van der Waals surface area contributed by atoms with Crippen LogP contribution < -0.4 is 4.90 Å². The lowest BCUT2D eigenvalue weighted by Gasteiger charge is -2.24. The van der Waals surface area contributed by atoms with E-state index >= 15 is 0 Å². The zero-order valence-electron chi connectivity index (χ0n) is 24.2. The predicted molar refractivity (Wildman–Crippen MR) is 185 cm³/mol. The minimum Gasteiger partial charge on any atom is -0.455 e. The fourth-order valence-electron chi connectivity index (χ4n) is 7.12. The standard InChI is InChI=1S/C41H25N3O/c1-2-11-29-26(10-1)22-25-35-39(29)44-37-18-7-4-13-32(37)31-12-3-6-17-36(31)43(41(44)42-35)28-23-20-27(21-24-28)30-15-9-16-34-33-14-5-8-19-38(33)45-40(30)34/h1-25H. The van der Waals surface area contributed by atoms with Gasteiger partial charge in [-0.15, -0.1) is 0 Å². The van der Waals surface area contributed by atoms with Gasteiger partial charge in [-0.25, -0.2) is 4.98 Å². The number of hydrogen-bond acceptors (Lipinski definition) is 3. The largest absolute Gasteiger partial charge is 0.455 e. The lowest BCUT2D eigenvalue weighted by molar-refractivity contribution is 0.670. The summed E-state index contributed by atoms with van der Waals surface area (Å²) in [5.74, 6) is 0.867. The summed E-state index contributed by atoms with van der Waals surface area (Å²) in [6, 6.07) is 53.6. The Kier molecular flexibility index (Phi) is 4.96. The Hall–Kier alpha value is -6.13. The SMILES string of the molecule is c1ccc2c(c1)-c1ccccc1-n1c(nc3ccc4ccccc4c31)N2c1ccc(-c2cccc3c2oc2ccccc23)cc1. The molecule has 4 nitrogen and oxygen atoms in total. The van der Waals surface area contributed by atoms with Gasteiger partial charge >= 0.3 is 0 Å². The Morgan fingerprint density at radius 2 is 1.16 bits per heavy atom. The average Bonchev–Trinajstić information content (AvgIpc) is 3.65. The van der Waals surface area contributed by atoms with E-state index in [-0.39, 0.29) is 0 Å². The summed E-state index contributed by atoms with van der Waals surface area (Å²) >= 11 is 0. The van der Waals surface area contributed by atoms with Crippen LogP contribution in [0.15, 0.2) is 156 Å². The smallest absolute Gasteiger partial charge is 0.220 e. The zero-order chi connectivity index (χ0) is 29.5. The Morgan fingerprint density at radius 1 is 0.489 bits per heavy atom. The van der Waals surface area contributed by atoms with Gasteiger partial charge in [-0.05, 0) is 47.3 Å². The van der Waals surface area contributed by atoms with Crippen molar-refractivity contribution in [1.29, 1.82) is 0 Å². The second-order valence-electron chi connectivity index (χ2n) is 11.6. The summed E-state index contributed by atoms with van der Waals surface area (Å²) in [6.07, 6.45) is 0. The van der Waals surface area contributed by atoms with Gasteiger partial charge in [0, 0.05) is 38.5 Å². The van der Waals surface area contributed by atoms with E-state index in [0.717, 1.165) is 67.1 Å². The van der Waals surface area contributed by atoms with Crippen LogP contribution in [0.5, 0.6) is 0 Å². The second kappa shape index (κ2) is 9.18. The molecule has 0 saturated heterocycles. The van der Waals surface area contributed by atoms with Crippen molar-refractivity contribution >= 4 is 61.1 Å². The van der Waals surface area contributed by atoms with E-state index in [1.165, 1.54) is 21.9 Å². The van der Waals surface area contributed by atoms with Crippen molar-refractivity contribution in [3.8, 4) is 27.9 Å². The van der Waals surface area contributed by atoms with E-state index in [2.05, 4.69) is 149 Å². The van der Waals surface area contributed by atoms with Crippen LogP contribution in [0.25, 0.3) is 71.7 Å². The Morgan fingerprint density at radius 3 is 2.02 bits per heavy atom. The van der Waals surface area contributed by atoms with Gasteiger partial charge < -0.3 is 4.42 Å². The van der Waals surface area contributed by atoms with Gasteiger partial charge in [0.15, 0.2) is 0 Å². The Balaban J connectivity index is 1.22. The molecule has 9 aromatic rings. The quantitative estimate of drug-likeness (QED) is 0.206. The summed E-state index contributed by atoms with van der Waals surface area (Å²) in [6.45, 7) is 0.